The zero-order valence-corrected chi connectivity index (χ0v) is 16.2. The van der Waals surface area contributed by atoms with Gasteiger partial charge in [0.1, 0.15) is 11.9 Å². The predicted molar refractivity (Wildman–Crippen MR) is 106 cm³/mol. The SMILES string of the molecule is Cl.Cl.NC[C@H]1CC[C@@H](C(=O)NCc2nccn2CCc2ccccc2)O1. The molecule has 0 saturated carbocycles. The number of hydrogen-bond acceptors (Lipinski definition) is 4. The van der Waals surface area contributed by atoms with E-state index < -0.39 is 0 Å². The monoisotopic (exact) mass is 400 g/mol. The zero-order valence-electron chi connectivity index (χ0n) is 14.5. The summed E-state index contributed by atoms with van der Waals surface area (Å²) in [4.78, 5) is 16.5. The first-order chi connectivity index (χ1) is 11.8. The fourth-order valence-corrected chi connectivity index (χ4v) is 2.96. The second kappa shape index (κ2) is 11.2. The summed E-state index contributed by atoms with van der Waals surface area (Å²) in [5.74, 6) is 0.774. The molecule has 1 fully saturated rings. The summed E-state index contributed by atoms with van der Waals surface area (Å²) in [5, 5.41) is 2.92. The Morgan fingerprint density at radius 1 is 1.27 bits per heavy atom. The summed E-state index contributed by atoms with van der Waals surface area (Å²) in [6, 6.07) is 10.3. The average Bonchev–Trinajstić information content (AvgIpc) is 3.28. The van der Waals surface area contributed by atoms with Crippen LogP contribution in [0, 0.1) is 0 Å². The summed E-state index contributed by atoms with van der Waals surface area (Å²) in [7, 11) is 0. The second-order valence-electron chi connectivity index (χ2n) is 6.05. The Hall–Kier alpha value is -1.60. The Morgan fingerprint density at radius 3 is 2.73 bits per heavy atom. The van der Waals surface area contributed by atoms with E-state index in [1.165, 1.54) is 5.56 Å². The van der Waals surface area contributed by atoms with Gasteiger partial charge in [-0.1, -0.05) is 30.3 Å². The molecule has 2 aromatic rings. The standard InChI is InChI=1S/C18H24N4O2.2ClH/c19-12-15-6-7-16(24-15)18(23)21-13-17-20-9-11-22(17)10-8-14-4-2-1-3-5-14;;/h1-5,9,11,15-16H,6-8,10,12-13,19H2,(H,21,23);2*1H/t15-,16+;;/m1../s1. The number of hydrogen-bond donors (Lipinski definition) is 2. The van der Waals surface area contributed by atoms with Crippen molar-refractivity contribution in [3.8, 4) is 0 Å². The van der Waals surface area contributed by atoms with Gasteiger partial charge in [-0.25, -0.2) is 4.98 Å². The number of ether oxygens (including phenoxy) is 1. The lowest BCUT2D eigenvalue weighted by Gasteiger charge is -2.13. The molecule has 0 radical (unpaired) electrons. The number of aromatic nitrogens is 2. The van der Waals surface area contributed by atoms with Crippen LogP contribution in [0.15, 0.2) is 42.7 Å². The van der Waals surface area contributed by atoms with Crippen LogP contribution in [0.1, 0.15) is 24.2 Å². The molecule has 2 atom stereocenters. The molecule has 3 N–H and O–H groups in total. The van der Waals surface area contributed by atoms with Gasteiger partial charge in [0.25, 0.3) is 0 Å². The third-order valence-corrected chi connectivity index (χ3v) is 4.37. The Labute approximate surface area is 166 Å². The molecule has 0 unspecified atom stereocenters. The van der Waals surface area contributed by atoms with E-state index in [2.05, 4.69) is 27.0 Å². The number of nitrogens with two attached hydrogens (primary N) is 1. The van der Waals surface area contributed by atoms with E-state index in [1.54, 1.807) is 6.20 Å². The molecule has 144 valence electrons. The molecule has 3 rings (SSSR count). The van der Waals surface area contributed by atoms with Gasteiger partial charge >= 0.3 is 0 Å². The minimum Gasteiger partial charge on any atom is -0.364 e. The van der Waals surface area contributed by atoms with Crippen molar-refractivity contribution in [1.82, 2.24) is 14.9 Å². The molecule has 2 heterocycles. The Morgan fingerprint density at radius 2 is 2.04 bits per heavy atom. The van der Waals surface area contributed by atoms with E-state index in [9.17, 15) is 4.79 Å². The van der Waals surface area contributed by atoms with Crippen molar-refractivity contribution in [2.75, 3.05) is 6.54 Å². The number of rotatable bonds is 7. The van der Waals surface area contributed by atoms with E-state index in [0.29, 0.717) is 13.1 Å². The zero-order chi connectivity index (χ0) is 16.8. The third kappa shape index (κ3) is 5.99. The molecule has 1 aromatic heterocycles. The van der Waals surface area contributed by atoms with Gasteiger partial charge < -0.3 is 20.4 Å². The highest BCUT2D eigenvalue weighted by atomic mass is 35.5. The highest BCUT2D eigenvalue weighted by molar-refractivity contribution is 5.85. The molecule has 1 amide bonds. The van der Waals surface area contributed by atoms with Gasteiger partial charge in [-0.05, 0) is 24.8 Å². The van der Waals surface area contributed by atoms with Gasteiger partial charge in [-0.2, -0.15) is 0 Å². The van der Waals surface area contributed by atoms with Crippen LogP contribution in [0.5, 0.6) is 0 Å². The molecule has 1 aromatic carbocycles. The van der Waals surface area contributed by atoms with Crippen molar-refractivity contribution >= 4 is 30.7 Å². The van der Waals surface area contributed by atoms with Gasteiger partial charge in [0, 0.05) is 25.5 Å². The maximum atomic E-state index is 12.2. The number of aryl methyl sites for hydroxylation is 2. The van der Waals surface area contributed by atoms with E-state index in [4.69, 9.17) is 10.5 Å². The van der Waals surface area contributed by atoms with Gasteiger partial charge in [0.05, 0.1) is 12.6 Å². The van der Waals surface area contributed by atoms with Crippen LogP contribution in [0.4, 0.5) is 0 Å². The van der Waals surface area contributed by atoms with Crippen LogP contribution < -0.4 is 11.1 Å². The van der Waals surface area contributed by atoms with Crippen molar-refractivity contribution < 1.29 is 9.53 Å². The quantitative estimate of drug-likeness (QED) is 0.745. The Balaban J connectivity index is 0.00000169. The molecular weight excluding hydrogens is 375 g/mol. The first-order valence-corrected chi connectivity index (χ1v) is 8.43. The van der Waals surface area contributed by atoms with E-state index in [-0.39, 0.29) is 42.9 Å². The maximum absolute atomic E-state index is 12.2. The fraction of sp³-hybridized carbons (Fsp3) is 0.444. The van der Waals surface area contributed by atoms with Crippen LogP contribution in [0.25, 0.3) is 0 Å². The molecule has 26 heavy (non-hydrogen) atoms. The number of nitrogens with zero attached hydrogens (tertiary/aromatic N) is 2. The minimum absolute atomic E-state index is 0. The van der Waals surface area contributed by atoms with Crippen molar-refractivity contribution in [3.63, 3.8) is 0 Å². The van der Waals surface area contributed by atoms with E-state index in [0.717, 1.165) is 31.6 Å². The molecular formula is C18H26Cl2N4O2. The van der Waals surface area contributed by atoms with E-state index in [1.807, 2.05) is 24.4 Å². The van der Waals surface area contributed by atoms with Crippen molar-refractivity contribution in [2.24, 2.45) is 5.73 Å². The van der Waals surface area contributed by atoms with Crippen LogP contribution in [0.3, 0.4) is 0 Å². The lowest BCUT2D eigenvalue weighted by Crippen LogP contribution is -2.35. The lowest BCUT2D eigenvalue weighted by atomic mass is 10.1. The number of halogens is 2. The average molecular weight is 401 g/mol. The number of carbonyl (C=O) groups excluding carboxylic acids is 1. The smallest absolute Gasteiger partial charge is 0.249 e. The van der Waals surface area contributed by atoms with Crippen molar-refractivity contribution in [3.05, 3.63) is 54.1 Å². The van der Waals surface area contributed by atoms with Crippen molar-refractivity contribution in [1.29, 1.82) is 0 Å². The third-order valence-electron chi connectivity index (χ3n) is 4.37. The summed E-state index contributed by atoms with van der Waals surface area (Å²) >= 11 is 0. The van der Waals surface area contributed by atoms with Crippen LogP contribution in [0.2, 0.25) is 0 Å². The minimum atomic E-state index is -0.383. The molecule has 0 spiro atoms. The predicted octanol–water partition coefficient (Wildman–Crippen LogP) is 2.09. The lowest BCUT2D eigenvalue weighted by molar-refractivity contribution is -0.132. The highest BCUT2D eigenvalue weighted by Crippen LogP contribution is 2.18. The highest BCUT2D eigenvalue weighted by Gasteiger charge is 2.29. The van der Waals surface area contributed by atoms with Crippen LogP contribution >= 0.6 is 24.8 Å². The number of benzene rings is 1. The topological polar surface area (TPSA) is 82.2 Å². The first kappa shape index (κ1) is 22.4. The van der Waals surface area contributed by atoms with Gasteiger partial charge in [-0.3, -0.25) is 4.79 Å². The summed E-state index contributed by atoms with van der Waals surface area (Å²) in [5.41, 5.74) is 6.86. The largest absolute Gasteiger partial charge is 0.364 e. The Bertz CT molecular complexity index is 666. The number of amides is 1. The molecule has 0 aliphatic carbocycles. The molecule has 0 bridgehead atoms. The van der Waals surface area contributed by atoms with Crippen LogP contribution in [-0.2, 0) is 29.0 Å². The van der Waals surface area contributed by atoms with Crippen LogP contribution in [-0.4, -0.2) is 34.2 Å². The molecule has 6 nitrogen and oxygen atoms in total. The van der Waals surface area contributed by atoms with Gasteiger partial charge in [-0.15, -0.1) is 24.8 Å². The van der Waals surface area contributed by atoms with E-state index >= 15 is 0 Å². The first-order valence-electron chi connectivity index (χ1n) is 8.43. The number of imidazole rings is 1. The molecule has 1 aliphatic heterocycles. The molecule has 1 aliphatic rings. The second-order valence-corrected chi connectivity index (χ2v) is 6.05. The summed E-state index contributed by atoms with van der Waals surface area (Å²) in [6.07, 6.45) is 5.85. The fourth-order valence-electron chi connectivity index (χ4n) is 2.96. The number of nitrogens with one attached hydrogen (secondary N) is 1. The van der Waals surface area contributed by atoms with Crippen molar-refractivity contribution in [2.45, 2.75) is 44.6 Å². The Kier molecular flexibility index (Phi) is 9.65. The molecule has 8 heteroatoms. The number of carbonyl (C=O) groups is 1. The maximum Gasteiger partial charge on any atom is 0.249 e. The normalized spacial score (nSPS) is 18.7. The van der Waals surface area contributed by atoms with Gasteiger partial charge in [0.15, 0.2) is 0 Å². The van der Waals surface area contributed by atoms with Gasteiger partial charge in [0.2, 0.25) is 5.91 Å². The summed E-state index contributed by atoms with van der Waals surface area (Å²) < 4.78 is 7.69. The summed E-state index contributed by atoms with van der Waals surface area (Å²) in [6.45, 7) is 1.71. The molecule has 1 saturated heterocycles.